The number of hydrogen-bond donors (Lipinski definition) is 4. The van der Waals surface area contributed by atoms with E-state index < -0.39 is 0 Å². The van der Waals surface area contributed by atoms with Crippen LogP contribution in [0, 0.1) is 75.4 Å². The van der Waals surface area contributed by atoms with Gasteiger partial charge in [-0.05, 0) is 269 Å². The van der Waals surface area contributed by atoms with Gasteiger partial charge in [-0.3, -0.25) is 14.8 Å². The van der Waals surface area contributed by atoms with E-state index in [1.54, 1.807) is 12.1 Å². The number of benzene rings is 3. The molecule has 12 aliphatic carbocycles. The molecular weight excluding hydrogens is 1040 g/mol. The molecular formula is C78H82N6O. The zero-order valence-electron chi connectivity index (χ0n) is 49.3. The smallest absolute Gasteiger partial charge is 0.150 e. The number of nitrogens with one attached hydrogen (secondary N) is 4. The second kappa shape index (κ2) is 20.7. The van der Waals surface area contributed by atoms with E-state index in [0.29, 0.717) is 11.3 Å². The van der Waals surface area contributed by atoms with E-state index >= 15 is 0 Å². The van der Waals surface area contributed by atoms with Gasteiger partial charge in [0.15, 0.2) is 0 Å². The van der Waals surface area contributed by atoms with Crippen LogP contribution in [0.25, 0.3) is 11.1 Å². The van der Waals surface area contributed by atoms with E-state index in [2.05, 4.69) is 166 Å². The van der Waals surface area contributed by atoms with Crippen LogP contribution < -0.4 is 0 Å². The molecule has 2 atom stereocenters. The zero-order chi connectivity index (χ0) is 56.3. The Bertz CT molecular complexity index is 3530. The summed E-state index contributed by atoms with van der Waals surface area (Å²) in [5, 5.41) is 0. The SMILES string of the molecule is C1=CC2=C(c3ccccc3)c3ccc([nH]3)C(C34CC5CC(CC(C5)C3)C4)c3ccc([nH]3)/C(c3ccccc3)=C3/C=CC(=N3)C(C34CC5CC(CC(C5)C3)C4)C1=N2.O=Cc1ccccc1.c1c[nH]c(C(c2ccc[nH]2)C23CC4CC(CC(C4)C2)C3)c1. The van der Waals surface area contributed by atoms with Crippen LogP contribution in [-0.2, 0) is 0 Å². The molecule has 4 aromatic heterocycles. The molecule has 0 saturated heterocycles. The lowest BCUT2D eigenvalue weighted by molar-refractivity contribution is -0.0631. The molecule has 20 bridgehead atoms. The normalized spacial score (nSPS) is 35.4. The van der Waals surface area contributed by atoms with Gasteiger partial charge in [0.1, 0.15) is 6.29 Å². The summed E-state index contributed by atoms with van der Waals surface area (Å²) >= 11 is 0. The number of nitrogens with zero attached hydrogens (tertiary/aromatic N) is 2. The Hall–Kier alpha value is -7.25. The van der Waals surface area contributed by atoms with Crippen molar-refractivity contribution < 1.29 is 4.79 Å². The van der Waals surface area contributed by atoms with Crippen LogP contribution in [0.3, 0.4) is 0 Å². The second-order valence-electron chi connectivity index (χ2n) is 29.6. The minimum atomic E-state index is 0.180. The maximum Gasteiger partial charge on any atom is 0.150 e. The third kappa shape index (κ3) is 9.21. The molecule has 7 nitrogen and oxygen atoms in total. The highest BCUT2D eigenvalue weighted by Gasteiger charge is 2.59. The molecule has 7 heteroatoms. The fraction of sp³-hybridized carbons (Fsp3) is 0.423. The van der Waals surface area contributed by atoms with Crippen molar-refractivity contribution in [2.24, 2.45) is 85.4 Å². The Morgan fingerprint density at radius 3 is 1.14 bits per heavy atom. The minimum Gasteiger partial charge on any atom is -0.364 e. The van der Waals surface area contributed by atoms with E-state index in [4.69, 9.17) is 9.98 Å². The van der Waals surface area contributed by atoms with E-state index in [1.165, 1.54) is 183 Å². The van der Waals surface area contributed by atoms with Crippen LogP contribution in [0.15, 0.2) is 198 Å². The number of hydrogen-bond acceptors (Lipinski definition) is 3. The molecule has 430 valence electrons. The van der Waals surface area contributed by atoms with Crippen LogP contribution in [0.5, 0.6) is 0 Å². The number of carbonyl (C=O) groups is 1. The van der Waals surface area contributed by atoms with Gasteiger partial charge in [0, 0.05) is 81.0 Å². The first kappa shape index (κ1) is 52.1. The fourth-order valence-corrected chi connectivity index (χ4v) is 22.5. The maximum atomic E-state index is 10.0. The first-order chi connectivity index (χ1) is 41.8. The highest BCUT2D eigenvalue weighted by molar-refractivity contribution is 6.20. The predicted octanol–water partition coefficient (Wildman–Crippen LogP) is 18.3. The van der Waals surface area contributed by atoms with Gasteiger partial charge in [-0.2, -0.15) is 0 Å². The van der Waals surface area contributed by atoms with Crippen LogP contribution in [-0.4, -0.2) is 37.6 Å². The lowest BCUT2D eigenvalue weighted by Crippen LogP contribution is -2.53. The van der Waals surface area contributed by atoms with Crippen molar-refractivity contribution in [3.8, 4) is 0 Å². The van der Waals surface area contributed by atoms with Crippen molar-refractivity contribution in [2.45, 2.75) is 127 Å². The number of aldehydes is 1. The standard InChI is InChI=1S/C52H52N4.C19H24N2.C7H6O/c1-3-7-37(8-4-1)47-39-11-15-43(53-39)49(51-25-31-19-32(26-51)21-33(20-31)27-51)45-17-13-41(55-45)48(38-9-5-2-6-10-38)42-14-18-46(56-42)50(44-16-12-40(47)54-44)52-28-34-22-35(29-52)24-36(23-34)30-52;1-3-16(20-5-1)18(17-4-2-6-21-17)19-10-13-7-14(11-19)9-15(8-13)12-19;8-6-7-4-2-1-3-5-7/h1-18,31-36,49-50,53,55H,19-30H2;1-6,13-15,18,20-21H,7-12H2;1-6H/b47-40-,48-42?;;. The Kier molecular flexibility index (Phi) is 12.7. The highest BCUT2D eigenvalue weighted by Crippen LogP contribution is 2.68. The quantitative estimate of drug-likeness (QED) is 0.112. The topological polar surface area (TPSA) is 105 Å². The number of aliphatic imine (C=N–C) groups is 2. The largest absolute Gasteiger partial charge is 0.364 e. The van der Waals surface area contributed by atoms with Crippen LogP contribution >= 0.6 is 0 Å². The summed E-state index contributed by atoms with van der Waals surface area (Å²) in [6.45, 7) is 0. The number of carbonyl (C=O) groups excluding carboxylic acids is 1. The molecule has 7 aromatic rings. The van der Waals surface area contributed by atoms with Gasteiger partial charge in [0.2, 0.25) is 0 Å². The number of allylic oxidation sites excluding steroid dienone is 4. The van der Waals surface area contributed by atoms with Crippen molar-refractivity contribution >= 4 is 28.9 Å². The predicted molar refractivity (Wildman–Crippen MR) is 342 cm³/mol. The van der Waals surface area contributed by atoms with E-state index in [-0.39, 0.29) is 22.7 Å². The van der Waals surface area contributed by atoms with Gasteiger partial charge in [0.25, 0.3) is 0 Å². The Labute approximate surface area is 502 Å². The molecule has 0 spiro atoms. The number of aromatic nitrogens is 4. The molecule has 22 rings (SSSR count). The molecule has 12 fully saturated rings. The van der Waals surface area contributed by atoms with E-state index in [9.17, 15) is 4.79 Å². The summed E-state index contributed by atoms with van der Waals surface area (Å²) in [5.41, 5.74) is 19.1. The van der Waals surface area contributed by atoms with Crippen molar-refractivity contribution in [3.05, 3.63) is 238 Å². The molecule has 2 unspecified atom stereocenters. The molecule has 12 saturated carbocycles. The summed E-state index contributed by atoms with van der Waals surface area (Å²) in [4.78, 5) is 36.9. The molecule has 7 heterocycles. The Morgan fingerprint density at radius 1 is 0.400 bits per heavy atom. The van der Waals surface area contributed by atoms with E-state index in [0.717, 1.165) is 76.5 Å². The number of rotatable bonds is 8. The van der Waals surface area contributed by atoms with Crippen LogP contribution in [0.1, 0.15) is 183 Å². The van der Waals surface area contributed by atoms with Gasteiger partial charge in [-0.15, -0.1) is 0 Å². The highest BCUT2D eigenvalue weighted by atomic mass is 16.1. The average Bonchev–Trinajstić information content (AvgIpc) is 2.08. The summed E-state index contributed by atoms with van der Waals surface area (Å²) in [5.74, 6) is 9.13. The van der Waals surface area contributed by atoms with Crippen LogP contribution in [0.4, 0.5) is 0 Å². The molecule has 3 aromatic carbocycles. The fourth-order valence-electron chi connectivity index (χ4n) is 22.5. The monoisotopic (exact) mass is 1120 g/mol. The van der Waals surface area contributed by atoms with Crippen molar-refractivity contribution in [1.82, 2.24) is 19.9 Å². The molecule has 3 aliphatic heterocycles. The van der Waals surface area contributed by atoms with Gasteiger partial charge in [-0.25, -0.2) is 0 Å². The number of aromatic amines is 4. The number of fused-ring (bicyclic) bond motifs is 6. The third-order valence-corrected chi connectivity index (χ3v) is 24.0. The first-order valence-electron chi connectivity index (χ1n) is 33.1. The lowest BCUT2D eigenvalue weighted by Gasteiger charge is -2.59. The molecule has 0 amide bonds. The van der Waals surface area contributed by atoms with Gasteiger partial charge < -0.3 is 19.9 Å². The second-order valence-corrected chi connectivity index (χ2v) is 29.6. The van der Waals surface area contributed by atoms with Crippen molar-refractivity contribution in [3.63, 3.8) is 0 Å². The number of H-pyrrole nitrogens is 4. The minimum absolute atomic E-state index is 0.180. The Balaban J connectivity index is 0.000000159. The molecule has 15 aliphatic rings. The average molecular weight is 1120 g/mol. The van der Waals surface area contributed by atoms with Gasteiger partial charge in [-0.1, -0.05) is 91.0 Å². The summed E-state index contributed by atoms with van der Waals surface area (Å²) in [7, 11) is 0. The molecule has 85 heavy (non-hydrogen) atoms. The van der Waals surface area contributed by atoms with Crippen LogP contribution in [0.2, 0.25) is 0 Å². The summed E-state index contributed by atoms with van der Waals surface area (Å²) < 4.78 is 0. The first-order valence-corrected chi connectivity index (χ1v) is 33.1. The zero-order valence-corrected chi connectivity index (χ0v) is 49.3. The van der Waals surface area contributed by atoms with E-state index in [1.807, 2.05) is 18.2 Å². The third-order valence-electron chi connectivity index (χ3n) is 24.0. The van der Waals surface area contributed by atoms with Crippen molar-refractivity contribution in [1.29, 1.82) is 0 Å². The van der Waals surface area contributed by atoms with Crippen molar-refractivity contribution in [2.75, 3.05) is 0 Å². The lowest BCUT2D eigenvalue weighted by atomic mass is 9.45. The van der Waals surface area contributed by atoms with Gasteiger partial charge >= 0.3 is 0 Å². The summed E-state index contributed by atoms with van der Waals surface area (Å²) in [6, 6.07) is 49.8. The Morgan fingerprint density at radius 2 is 0.776 bits per heavy atom. The molecule has 0 radical (unpaired) electrons. The van der Waals surface area contributed by atoms with Gasteiger partial charge in [0.05, 0.1) is 22.8 Å². The maximum absolute atomic E-state index is 10.0. The summed E-state index contributed by atoms with van der Waals surface area (Å²) in [6.07, 6.45) is 39.9. The molecule has 4 N–H and O–H groups in total.